The van der Waals surface area contributed by atoms with Crippen molar-refractivity contribution in [3.05, 3.63) is 106 Å². The maximum Gasteiger partial charge on any atom is 0.320 e. The van der Waals surface area contributed by atoms with Crippen molar-refractivity contribution in [3.63, 3.8) is 0 Å². The highest BCUT2D eigenvalue weighted by molar-refractivity contribution is 6.32. The third-order valence-corrected chi connectivity index (χ3v) is 10.9. The molecular formula is C42H49ClN4O6. The monoisotopic (exact) mass is 740 g/mol. The van der Waals surface area contributed by atoms with E-state index in [-0.39, 0.29) is 25.2 Å². The summed E-state index contributed by atoms with van der Waals surface area (Å²) in [4.78, 5) is 20.6. The van der Waals surface area contributed by atoms with E-state index in [4.69, 9.17) is 25.8 Å². The molecule has 2 aromatic carbocycles. The topological polar surface area (TPSA) is 128 Å². The second-order valence-electron chi connectivity index (χ2n) is 14.3. The summed E-state index contributed by atoms with van der Waals surface area (Å²) in [5.74, 6) is 0.0316. The number of benzene rings is 2. The minimum atomic E-state index is -0.838. The Labute approximate surface area is 317 Å². The first kappa shape index (κ1) is 38.5. The Morgan fingerprint density at radius 1 is 1.08 bits per heavy atom. The molecule has 0 amide bonds. The number of halogens is 1. The Balaban J connectivity index is 1.25. The van der Waals surface area contributed by atoms with Crippen LogP contribution in [0.25, 0.3) is 5.57 Å². The number of rotatable bonds is 15. The molecule has 3 aliphatic rings. The van der Waals surface area contributed by atoms with Gasteiger partial charge in [-0.3, -0.25) is 14.7 Å². The van der Waals surface area contributed by atoms with Crippen LogP contribution in [0.3, 0.4) is 0 Å². The minimum Gasteiger partial charge on any atom is -0.489 e. The third kappa shape index (κ3) is 9.85. The summed E-state index contributed by atoms with van der Waals surface area (Å²) >= 11 is 6.97. The fraction of sp³-hybridized carbons (Fsp3) is 0.452. The van der Waals surface area contributed by atoms with Crippen LogP contribution in [0, 0.1) is 17.2 Å². The zero-order valence-corrected chi connectivity index (χ0v) is 31.1. The van der Waals surface area contributed by atoms with Crippen molar-refractivity contribution in [2.24, 2.45) is 5.92 Å². The van der Waals surface area contributed by atoms with Crippen LogP contribution in [-0.2, 0) is 22.7 Å². The van der Waals surface area contributed by atoms with Crippen molar-refractivity contribution in [2.75, 3.05) is 39.4 Å². The summed E-state index contributed by atoms with van der Waals surface area (Å²) in [6.45, 7) is 6.50. The smallest absolute Gasteiger partial charge is 0.320 e. The molecule has 6 rings (SSSR count). The first-order valence-corrected chi connectivity index (χ1v) is 19.0. The molecule has 2 aliphatic heterocycles. The average molecular weight is 741 g/mol. The Hall–Kier alpha value is -4.24. The average Bonchev–Trinajstić information content (AvgIpc) is 3.17. The number of aliphatic hydroxyl groups is 1. The maximum atomic E-state index is 12.1. The van der Waals surface area contributed by atoms with Gasteiger partial charge in [-0.05, 0) is 74.5 Å². The van der Waals surface area contributed by atoms with Crippen molar-refractivity contribution in [1.29, 1.82) is 5.26 Å². The number of hydrogen-bond donors (Lipinski definition) is 2. The lowest BCUT2D eigenvalue weighted by molar-refractivity contribution is -0.144. The molecule has 3 aromatic rings. The highest BCUT2D eigenvalue weighted by Gasteiger charge is 2.40. The molecule has 11 heteroatoms. The zero-order valence-electron chi connectivity index (χ0n) is 30.3. The summed E-state index contributed by atoms with van der Waals surface area (Å²) in [5, 5.41) is 29.9. The third-order valence-electron chi connectivity index (χ3n) is 10.6. The van der Waals surface area contributed by atoms with Gasteiger partial charge in [-0.15, -0.1) is 0 Å². The predicted octanol–water partition coefficient (Wildman–Crippen LogP) is 6.90. The number of allylic oxidation sites excluding steroid dienone is 2. The van der Waals surface area contributed by atoms with Gasteiger partial charge in [0.2, 0.25) is 0 Å². The SMILES string of the molecule is CC1C(c2ccccc2)=CC=CC1(COc1cc(OCc2cncc(C#N)c2)c(CN2CCCC[C@H]2C(=O)O)cc1Cl)OCCCN1CCC[C@@H](O)C1. The number of carboxylic acid groups (broad SMARTS) is 1. The molecule has 0 bridgehead atoms. The summed E-state index contributed by atoms with van der Waals surface area (Å²) in [7, 11) is 0. The molecule has 1 aliphatic carbocycles. The van der Waals surface area contributed by atoms with Crippen LogP contribution in [0.1, 0.15) is 67.7 Å². The molecule has 3 heterocycles. The van der Waals surface area contributed by atoms with Crippen LogP contribution >= 0.6 is 11.6 Å². The molecule has 10 nitrogen and oxygen atoms in total. The fourth-order valence-corrected chi connectivity index (χ4v) is 7.86. The summed E-state index contributed by atoms with van der Waals surface area (Å²) in [6, 6.07) is 17.1. The van der Waals surface area contributed by atoms with E-state index in [2.05, 4.69) is 47.2 Å². The van der Waals surface area contributed by atoms with Crippen LogP contribution in [0.5, 0.6) is 11.5 Å². The van der Waals surface area contributed by atoms with Gasteiger partial charge in [0, 0.05) is 61.7 Å². The number of nitriles is 1. The summed E-state index contributed by atoms with van der Waals surface area (Å²) in [5.41, 5.74) is 3.35. The molecule has 2 saturated heterocycles. The van der Waals surface area contributed by atoms with E-state index >= 15 is 0 Å². The van der Waals surface area contributed by atoms with E-state index in [9.17, 15) is 20.3 Å². The number of ether oxygens (including phenoxy) is 3. The molecule has 4 atom stereocenters. The molecule has 53 heavy (non-hydrogen) atoms. The van der Waals surface area contributed by atoms with Crippen molar-refractivity contribution >= 4 is 23.1 Å². The summed E-state index contributed by atoms with van der Waals surface area (Å²) < 4.78 is 19.8. The van der Waals surface area contributed by atoms with Crippen LogP contribution in [0.15, 0.2) is 79.2 Å². The van der Waals surface area contributed by atoms with Crippen LogP contribution in [0.2, 0.25) is 5.02 Å². The lowest BCUT2D eigenvalue weighted by atomic mass is 9.77. The van der Waals surface area contributed by atoms with E-state index in [0.717, 1.165) is 67.5 Å². The van der Waals surface area contributed by atoms with Gasteiger partial charge in [0.15, 0.2) is 0 Å². The number of piperidine rings is 2. The number of pyridine rings is 1. The van der Waals surface area contributed by atoms with Gasteiger partial charge in [-0.1, -0.05) is 67.4 Å². The van der Waals surface area contributed by atoms with E-state index in [0.29, 0.717) is 54.7 Å². The van der Waals surface area contributed by atoms with Gasteiger partial charge in [-0.2, -0.15) is 5.26 Å². The van der Waals surface area contributed by atoms with Crippen LogP contribution in [0.4, 0.5) is 0 Å². The van der Waals surface area contributed by atoms with Gasteiger partial charge in [0.05, 0.1) is 16.7 Å². The zero-order chi connectivity index (χ0) is 37.2. The lowest BCUT2D eigenvalue weighted by Gasteiger charge is -2.40. The highest BCUT2D eigenvalue weighted by Crippen LogP contribution is 2.41. The molecule has 2 fully saturated rings. The van der Waals surface area contributed by atoms with E-state index < -0.39 is 17.6 Å². The molecule has 0 saturated carbocycles. The quantitative estimate of drug-likeness (QED) is 0.159. The van der Waals surface area contributed by atoms with E-state index in [1.165, 1.54) is 6.20 Å². The number of aromatic nitrogens is 1. The first-order chi connectivity index (χ1) is 25.7. The highest BCUT2D eigenvalue weighted by atomic mass is 35.5. The Morgan fingerprint density at radius 2 is 1.92 bits per heavy atom. The Kier molecular flexibility index (Phi) is 13.2. The maximum absolute atomic E-state index is 12.1. The van der Waals surface area contributed by atoms with Gasteiger partial charge in [0.25, 0.3) is 0 Å². The van der Waals surface area contributed by atoms with E-state index in [1.54, 1.807) is 24.4 Å². The second-order valence-corrected chi connectivity index (χ2v) is 14.7. The predicted molar refractivity (Wildman–Crippen MR) is 204 cm³/mol. The minimum absolute atomic E-state index is 0.0626. The van der Waals surface area contributed by atoms with Gasteiger partial charge >= 0.3 is 5.97 Å². The van der Waals surface area contributed by atoms with Crippen LogP contribution in [-0.4, -0.2) is 88.1 Å². The number of hydrogen-bond acceptors (Lipinski definition) is 9. The van der Waals surface area contributed by atoms with E-state index in [1.807, 2.05) is 29.2 Å². The van der Waals surface area contributed by atoms with Gasteiger partial charge in [0.1, 0.15) is 42.4 Å². The largest absolute Gasteiger partial charge is 0.489 e. The lowest BCUT2D eigenvalue weighted by Crippen LogP contribution is -2.46. The standard InChI is InChI=1S/C42H49ClN4O6/c1-30-36(33-10-3-2-4-11-33)13-7-15-42(30,53-19-9-17-46-16-8-12-35(48)27-46)29-52-40-22-39(51-28-32-20-31(23-44)24-45-25-32)34(21-37(40)43)26-47-18-6-5-14-38(47)41(49)50/h2-4,7,10-11,13,15,20-22,24-25,30,35,38,48H,5-6,8-9,12,14,16-19,26-29H2,1H3,(H,49,50)/t30?,35-,38+,42?/m1/s1. The molecule has 2 N–H and O–H groups in total. The van der Waals surface area contributed by atoms with Crippen molar-refractivity contribution in [1.82, 2.24) is 14.8 Å². The van der Waals surface area contributed by atoms with Crippen molar-refractivity contribution in [3.8, 4) is 17.6 Å². The fourth-order valence-electron chi connectivity index (χ4n) is 7.62. The molecule has 0 radical (unpaired) electrons. The number of nitrogens with zero attached hydrogens (tertiary/aromatic N) is 4. The molecular weight excluding hydrogens is 692 g/mol. The number of aliphatic carboxylic acids is 1. The number of β-amino-alcohol motifs (C(OH)–C–C–N with tert-alkyl or cyclic N) is 1. The number of likely N-dealkylation sites (tertiary alicyclic amines) is 2. The van der Waals surface area contributed by atoms with Crippen molar-refractivity contribution in [2.45, 2.75) is 76.3 Å². The van der Waals surface area contributed by atoms with Gasteiger partial charge in [-0.25, -0.2) is 0 Å². The Bertz CT molecular complexity index is 1810. The van der Waals surface area contributed by atoms with Crippen LogP contribution < -0.4 is 9.47 Å². The molecule has 2 unspecified atom stereocenters. The van der Waals surface area contributed by atoms with Crippen molar-refractivity contribution < 1.29 is 29.2 Å². The molecule has 0 spiro atoms. The Morgan fingerprint density at radius 3 is 2.72 bits per heavy atom. The van der Waals surface area contributed by atoms with Gasteiger partial charge < -0.3 is 29.3 Å². The second kappa shape index (κ2) is 18.2. The number of carbonyl (C=O) groups is 1. The molecule has 1 aromatic heterocycles. The number of aliphatic hydroxyl groups excluding tert-OH is 1. The summed E-state index contributed by atoms with van der Waals surface area (Å²) in [6.07, 6.45) is 14.1. The normalized spacial score (nSPS) is 23.6. The number of carboxylic acids is 1. The first-order valence-electron chi connectivity index (χ1n) is 18.6. The molecule has 280 valence electrons.